The van der Waals surface area contributed by atoms with E-state index in [0.29, 0.717) is 12.2 Å². The molecule has 0 aromatic heterocycles. The van der Waals surface area contributed by atoms with Gasteiger partial charge in [-0.15, -0.1) is 0 Å². The van der Waals surface area contributed by atoms with Gasteiger partial charge in [-0.25, -0.2) is 0 Å². The van der Waals surface area contributed by atoms with E-state index in [9.17, 15) is 4.79 Å². The molecule has 2 aromatic carbocycles. The minimum absolute atomic E-state index is 0.0349. The monoisotopic (exact) mass is 357 g/mol. The van der Waals surface area contributed by atoms with Crippen LogP contribution >= 0.6 is 15.9 Å². The molecule has 0 aliphatic heterocycles. The number of anilines is 1. The highest BCUT2D eigenvalue weighted by molar-refractivity contribution is 9.10. The molecule has 1 aliphatic rings. The molecule has 0 heterocycles. The van der Waals surface area contributed by atoms with Crippen molar-refractivity contribution >= 4 is 27.4 Å². The molecule has 2 atom stereocenters. The maximum Gasteiger partial charge on any atom is 0.138 e. The SMILES string of the molecule is O=C1CCCCC1C(Nc1ccccc1)c1cccc(Br)c1. The summed E-state index contributed by atoms with van der Waals surface area (Å²) in [5, 5.41) is 3.58. The number of carbonyl (C=O) groups is 1. The Hall–Kier alpha value is -1.61. The number of hydrogen-bond acceptors (Lipinski definition) is 2. The van der Waals surface area contributed by atoms with Crippen LogP contribution in [0.2, 0.25) is 0 Å². The summed E-state index contributed by atoms with van der Waals surface area (Å²) < 4.78 is 1.05. The average Bonchev–Trinajstić information content (AvgIpc) is 2.54. The highest BCUT2D eigenvalue weighted by Gasteiger charge is 2.31. The lowest BCUT2D eigenvalue weighted by atomic mass is 9.80. The summed E-state index contributed by atoms with van der Waals surface area (Å²) >= 11 is 3.54. The second-order valence-corrected chi connectivity index (χ2v) is 6.78. The third-order valence-corrected chi connectivity index (χ3v) is 4.80. The van der Waals surface area contributed by atoms with Crippen molar-refractivity contribution in [2.24, 2.45) is 5.92 Å². The van der Waals surface area contributed by atoms with E-state index in [2.05, 4.69) is 45.5 Å². The summed E-state index contributed by atoms with van der Waals surface area (Å²) in [6.45, 7) is 0. The van der Waals surface area contributed by atoms with E-state index in [1.165, 1.54) is 5.56 Å². The van der Waals surface area contributed by atoms with Gasteiger partial charge in [0.25, 0.3) is 0 Å². The van der Waals surface area contributed by atoms with Crippen molar-refractivity contribution in [2.45, 2.75) is 31.7 Å². The quantitative estimate of drug-likeness (QED) is 0.797. The summed E-state index contributed by atoms with van der Waals surface area (Å²) in [4.78, 5) is 12.4. The summed E-state index contributed by atoms with van der Waals surface area (Å²) in [7, 11) is 0. The zero-order valence-corrected chi connectivity index (χ0v) is 14.1. The van der Waals surface area contributed by atoms with Gasteiger partial charge >= 0.3 is 0 Å². The van der Waals surface area contributed by atoms with Gasteiger partial charge < -0.3 is 5.32 Å². The Morgan fingerprint density at radius 3 is 2.59 bits per heavy atom. The first kappa shape index (κ1) is 15.3. The lowest BCUT2D eigenvalue weighted by molar-refractivity contribution is -0.125. The zero-order chi connectivity index (χ0) is 15.4. The topological polar surface area (TPSA) is 29.1 Å². The first-order chi connectivity index (χ1) is 10.7. The molecular weight excluding hydrogens is 338 g/mol. The molecule has 2 nitrogen and oxygen atoms in total. The van der Waals surface area contributed by atoms with Crippen LogP contribution in [0.3, 0.4) is 0 Å². The van der Waals surface area contributed by atoms with E-state index in [1.54, 1.807) is 0 Å². The van der Waals surface area contributed by atoms with Crippen molar-refractivity contribution in [3.05, 3.63) is 64.6 Å². The van der Waals surface area contributed by atoms with Crippen LogP contribution in [0.4, 0.5) is 5.69 Å². The molecular formula is C19H20BrNO. The van der Waals surface area contributed by atoms with Gasteiger partial charge in [0.05, 0.1) is 6.04 Å². The number of rotatable bonds is 4. The molecule has 1 aliphatic carbocycles. The van der Waals surface area contributed by atoms with E-state index in [0.717, 1.165) is 29.4 Å². The number of ketones is 1. The van der Waals surface area contributed by atoms with E-state index < -0.39 is 0 Å². The number of nitrogens with one attached hydrogen (secondary N) is 1. The van der Waals surface area contributed by atoms with E-state index >= 15 is 0 Å². The van der Waals surface area contributed by atoms with Gasteiger partial charge in [0.1, 0.15) is 5.78 Å². The minimum Gasteiger partial charge on any atom is -0.378 e. The van der Waals surface area contributed by atoms with Crippen molar-refractivity contribution < 1.29 is 4.79 Å². The molecule has 0 amide bonds. The van der Waals surface area contributed by atoms with Gasteiger partial charge in [0.15, 0.2) is 0 Å². The number of hydrogen-bond donors (Lipinski definition) is 1. The predicted octanol–water partition coefficient (Wildman–Crippen LogP) is 5.36. The fraction of sp³-hybridized carbons (Fsp3) is 0.316. The van der Waals surface area contributed by atoms with Crippen molar-refractivity contribution in [1.82, 2.24) is 0 Å². The fourth-order valence-electron chi connectivity index (χ4n) is 3.19. The maximum absolute atomic E-state index is 12.4. The highest BCUT2D eigenvalue weighted by Crippen LogP contribution is 2.35. The summed E-state index contributed by atoms with van der Waals surface area (Å²) in [6, 6.07) is 18.5. The molecule has 0 bridgehead atoms. The predicted molar refractivity (Wildman–Crippen MR) is 93.9 cm³/mol. The Labute approximate surface area is 140 Å². The highest BCUT2D eigenvalue weighted by atomic mass is 79.9. The third-order valence-electron chi connectivity index (χ3n) is 4.31. The van der Waals surface area contributed by atoms with Crippen LogP contribution in [0.15, 0.2) is 59.1 Å². The summed E-state index contributed by atoms with van der Waals surface area (Å²) in [5.41, 5.74) is 2.23. The van der Waals surface area contributed by atoms with Crippen LogP contribution in [-0.4, -0.2) is 5.78 Å². The number of carbonyl (C=O) groups excluding carboxylic acids is 1. The lowest BCUT2D eigenvalue weighted by Gasteiger charge is -2.31. The number of halogens is 1. The standard InChI is InChI=1S/C19H20BrNO/c20-15-8-6-7-14(13-15)19(17-11-4-5-12-18(17)22)21-16-9-2-1-3-10-16/h1-3,6-10,13,17,19,21H,4-5,11-12H2. The number of Topliss-reactive ketones (excluding diaryl/α,β-unsaturated/α-hetero) is 1. The minimum atomic E-state index is 0.0349. The average molecular weight is 358 g/mol. The molecule has 1 saturated carbocycles. The maximum atomic E-state index is 12.4. The summed E-state index contributed by atoms with van der Waals surface area (Å²) in [5.74, 6) is 0.447. The molecule has 2 aromatic rings. The van der Waals surface area contributed by atoms with Crippen LogP contribution in [0.5, 0.6) is 0 Å². The largest absolute Gasteiger partial charge is 0.378 e. The molecule has 2 unspecified atom stereocenters. The Bertz CT molecular complexity index is 641. The Balaban J connectivity index is 1.92. The van der Waals surface area contributed by atoms with Crippen LogP contribution < -0.4 is 5.32 Å². The van der Waals surface area contributed by atoms with E-state index in [1.807, 2.05) is 30.3 Å². The Morgan fingerprint density at radius 1 is 1.05 bits per heavy atom. The third kappa shape index (κ3) is 3.58. The molecule has 22 heavy (non-hydrogen) atoms. The Kier molecular flexibility index (Phi) is 4.94. The molecule has 1 N–H and O–H groups in total. The molecule has 3 heteroatoms. The summed E-state index contributed by atoms with van der Waals surface area (Å²) in [6.07, 6.45) is 3.85. The second-order valence-electron chi connectivity index (χ2n) is 5.86. The molecule has 114 valence electrons. The molecule has 0 radical (unpaired) electrons. The van der Waals surface area contributed by atoms with Gasteiger partial charge in [0, 0.05) is 22.5 Å². The Morgan fingerprint density at radius 2 is 1.86 bits per heavy atom. The van der Waals surface area contributed by atoms with Crippen LogP contribution in [0, 0.1) is 5.92 Å². The number of para-hydroxylation sites is 1. The van der Waals surface area contributed by atoms with E-state index in [-0.39, 0.29) is 12.0 Å². The lowest BCUT2D eigenvalue weighted by Crippen LogP contribution is -2.30. The van der Waals surface area contributed by atoms with Crippen LogP contribution in [0.1, 0.15) is 37.3 Å². The smallest absolute Gasteiger partial charge is 0.138 e. The van der Waals surface area contributed by atoms with Gasteiger partial charge in [-0.1, -0.05) is 52.7 Å². The second kappa shape index (κ2) is 7.10. The van der Waals surface area contributed by atoms with Crippen molar-refractivity contribution in [3.63, 3.8) is 0 Å². The molecule has 0 saturated heterocycles. The van der Waals surface area contributed by atoms with Gasteiger partial charge in [-0.05, 0) is 42.7 Å². The van der Waals surface area contributed by atoms with E-state index in [4.69, 9.17) is 0 Å². The first-order valence-corrected chi connectivity index (χ1v) is 8.63. The van der Waals surface area contributed by atoms with Crippen LogP contribution in [-0.2, 0) is 4.79 Å². The van der Waals surface area contributed by atoms with Gasteiger partial charge in [-0.2, -0.15) is 0 Å². The van der Waals surface area contributed by atoms with Gasteiger partial charge in [0.2, 0.25) is 0 Å². The normalized spacial score (nSPS) is 19.7. The number of benzene rings is 2. The van der Waals surface area contributed by atoms with Crippen molar-refractivity contribution in [3.8, 4) is 0 Å². The van der Waals surface area contributed by atoms with Crippen molar-refractivity contribution in [1.29, 1.82) is 0 Å². The fourth-order valence-corrected chi connectivity index (χ4v) is 3.61. The molecule has 3 rings (SSSR count). The first-order valence-electron chi connectivity index (χ1n) is 7.84. The van der Waals surface area contributed by atoms with Crippen LogP contribution in [0.25, 0.3) is 0 Å². The zero-order valence-electron chi connectivity index (χ0n) is 12.5. The molecule has 1 fully saturated rings. The molecule has 0 spiro atoms. The van der Waals surface area contributed by atoms with Gasteiger partial charge in [-0.3, -0.25) is 4.79 Å². The van der Waals surface area contributed by atoms with Crippen molar-refractivity contribution in [2.75, 3.05) is 5.32 Å².